The van der Waals surface area contributed by atoms with Gasteiger partial charge in [0.2, 0.25) is 0 Å². The van der Waals surface area contributed by atoms with Crippen molar-refractivity contribution in [2.75, 3.05) is 0 Å². The molecule has 1 aliphatic carbocycles. The number of rotatable bonds is 4. The summed E-state index contributed by atoms with van der Waals surface area (Å²) in [6.45, 7) is 2.11. The molecule has 1 saturated carbocycles. The van der Waals surface area contributed by atoms with Crippen molar-refractivity contribution < 1.29 is 4.79 Å². The Labute approximate surface area is 97.9 Å². The summed E-state index contributed by atoms with van der Waals surface area (Å²) in [5.41, 5.74) is 2.15. The first-order chi connectivity index (χ1) is 7.81. The fourth-order valence-electron chi connectivity index (χ4n) is 2.69. The zero-order valence-electron chi connectivity index (χ0n) is 10.0. The van der Waals surface area contributed by atoms with Gasteiger partial charge in [0.1, 0.15) is 0 Å². The molecule has 0 amide bonds. The number of carbonyl (C=O) groups excluding carboxylic acids is 1. The van der Waals surface area contributed by atoms with Crippen molar-refractivity contribution in [3.63, 3.8) is 0 Å². The summed E-state index contributed by atoms with van der Waals surface area (Å²) in [4.78, 5) is 12.2. The van der Waals surface area contributed by atoms with Crippen LogP contribution in [0, 0.1) is 5.92 Å². The van der Waals surface area contributed by atoms with Crippen molar-refractivity contribution in [2.24, 2.45) is 5.92 Å². The molecule has 0 aromatic heterocycles. The van der Waals surface area contributed by atoms with Gasteiger partial charge in [0, 0.05) is 12.0 Å². The Hall–Kier alpha value is -1.11. The maximum Gasteiger partial charge on any atom is 0.163 e. The molecule has 0 heterocycles. The van der Waals surface area contributed by atoms with E-state index in [1.54, 1.807) is 0 Å². The highest BCUT2D eigenvalue weighted by Crippen LogP contribution is 2.29. The van der Waals surface area contributed by atoms with E-state index in [1.165, 1.54) is 31.2 Å². The zero-order chi connectivity index (χ0) is 11.4. The van der Waals surface area contributed by atoms with Crippen molar-refractivity contribution >= 4 is 5.78 Å². The van der Waals surface area contributed by atoms with Crippen LogP contribution in [0.4, 0.5) is 0 Å². The smallest absolute Gasteiger partial charge is 0.163 e. The van der Waals surface area contributed by atoms with Crippen molar-refractivity contribution in [2.45, 2.75) is 45.4 Å². The van der Waals surface area contributed by atoms with Gasteiger partial charge in [-0.2, -0.15) is 0 Å². The second-order valence-corrected chi connectivity index (χ2v) is 4.79. The Morgan fingerprint density at radius 2 is 1.94 bits per heavy atom. The summed E-state index contributed by atoms with van der Waals surface area (Å²) in [6.07, 6.45) is 6.84. The van der Waals surface area contributed by atoms with Crippen molar-refractivity contribution in [3.05, 3.63) is 35.4 Å². The Kier molecular flexibility index (Phi) is 3.76. The fraction of sp³-hybridized carbons (Fsp3) is 0.533. The van der Waals surface area contributed by atoms with Crippen molar-refractivity contribution in [1.82, 2.24) is 0 Å². The number of ketones is 1. The molecule has 1 nitrogen and oxygen atoms in total. The first-order valence-corrected chi connectivity index (χ1v) is 6.42. The lowest BCUT2D eigenvalue weighted by molar-refractivity contribution is 0.0961. The summed E-state index contributed by atoms with van der Waals surface area (Å²) in [5, 5.41) is 0. The van der Waals surface area contributed by atoms with E-state index in [9.17, 15) is 4.79 Å². The largest absolute Gasteiger partial charge is 0.294 e. The summed E-state index contributed by atoms with van der Waals surface area (Å²) in [7, 11) is 0. The van der Waals surface area contributed by atoms with E-state index in [1.807, 2.05) is 18.2 Å². The lowest BCUT2D eigenvalue weighted by Crippen LogP contribution is -2.08. The Morgan fingerprint density at radius 3 is 2.62 bits per heavy atom. The van der Waals surface area contributed by atoms with Gasteiger partial charge in [-0.3, -0.25) is 4.79 Å². The minimum atomic E-state index is 0.351. The maximum atomic E-state index is 12.2. The van der Waals surface area contributed by atoms with Crippen LogP contribution in [-0.4, -0.2) is 5.78 Å². The number of hydrogen-bond donors (Lipinski definition) is 0. The first kappa shape index (κ1) is 11.4. The standard InChI is InChI=1S/C15H20O/c1-2-13-9-5-6-10-14(13)15(16)11-12-7-3-4-8-12/h5-6,9-10,12H,2-4,7-8,11H2,1H3. The summed E-state index contributed by atoms with van der Waals surface area (Å²) < 4.78 is 0. The van der Waals surface area contributed by atoms with Crippen LogP contribution in [0.25, 0.3) is 0 Å². The molecule has 86 valence electrons. The second-order valence-electron chi connectivity index (χ2n) is 4.79. The fourth-order valence-corrected chi connectivity index (χ4v) is 2.69. The molecule has 1 fully saturated rings. The van der Waals surface area contributed by atoms with Gasteiger partial charge in [0.15, 0.2) is 5.78 Å². The van der Waals surface area contributed by atoms with E-state index < -0.39 is 0 Å². The van der Waals surface area contributed by atoms with E-state index in [0.717, 1.165) is 18.4 Å². The van der Waals surface area contributed by atoms with Gasteiger partial charge in [-0.15, -0.1) is 0 Å². The van der Waals surface area contributed by atoms with Gasteiger partial charge in [-0.05, 0) is 17.9 Å². The molecule has 1 heteroatoms. The monoisotopic (exact) mass is 216 g/mol. The lowest BCUT2D eigenvalue weighted by atomic mass is 9.93. The number of Topliss-reactive ketones (excluding diaryl/α,β-unsaturated/α-hetero) is 1. The highest BCUT2D eigenvalue weighted by Gasteiger charge is 2.20. The topological polar surface area (TPSA) is 17.1 Å². The van der Waals surface area contributed by atoms with E-state index in [4.69, 9.17) is 0 Å². The van der Waals surface area contributed by atoms with Gasteiger partial charge in [0.25, 0.3) is 0 Å². The number of hydrogen-bond acceptors (Lipinski definition) is 1. The molecular weight excluding hydrogens is 196 g/mol. The zero-order valence-corrected chi connectivity index (χ0v) is 10.0. The van der Waals surface area contributed by atoms with Crippen LogP contribution in [-0.2, 0) is 6.42 Å². The molecule has 0 unspecified atom stereocenters. The van der Waals surface area contributed by atoms with Crippen LogP contribution < -0.4 is 0 Å². The maximum absolute atomic E-state index is 12.2. The van der Waals surface area contributed by atoms with E-state index in [-0.39, 0.29) is 0 Å². The molecule has 1 aromatic carbocycles. The third-order valence-electron chi connectivity index (χ3n) is 3.65. The van der Waals surface area contributed by atoms with Crippen LogP contribution >= 0.6 is 0 Å². The molecule has 1 aromatic rings. The number of aryl methyl sites for hydroxylation is 1. The van der Waals surface area contributed by atoms with E-state index in [0.29, 0.717) is 11.7 Å². The van der Waals surface area contributed by atoms with Crippen LogP contribution in [0.1, 0.15) is 54.9 Å². The van der Waals surface area contributed by atoms with Crippen LogP contribution in [0.2, 0.25) is 0 Å². The van der Waals surface area contributed by atoms with E-state index in [2.05, 4.69) is 13.0 Å². The van der Waals surface area contributed by atoms with Crippen LogP contribution in [0.3, 0.4) is 0 Å². The summed E-state index contributed by atoms with van der Waals surface area (Å²) in [6, 6.07) is 8.05. The summed E-state index contributed by atoms with van der Waals surface area (Å²) >= 11 is 0. The molecular formula is C15H20O. The highest BCUT2D eigenvalue weighted by molar-refractivity contribution is 5.97. The van der Waals surface area contributed by atoms with Crippen LogP contribution in [0.15, 0.2) is 24.3 Å². The minimum absolute atomic E-state index is 0.351. The van der Waals surface area contributed by atoms with Gasteiger partial charge >= 0.3 is 0 Å². The molecule has 0 saturated heterocycles. The van der Waals surface area contributed by atoms with Crippen molar-refractivity contribution in [3.8, 4) is 0 Å². The molecule has 0 spiro atoms. The predicted octanol–water partition coefficient (Wildman–Crippen LogP) is 4.01. The minimum Gasteiger partial charge on any atom is -0.294 e. The predicted molar refractivity (Wildman–Crippen MR) is 66.7 cm³/mol. The van der Waals surface area contributed by atoms with Gasteiger partial charge in [-0.25, -0.2) is 0 Å². The molecule has 16 heavy (non-hydrogen) atoms. The molecule has 0 atom stereocenters. The highest BCUT2D eigenvalue weighted by atomic mass is 16.1. The number of benzene rings is 1. The molecule has 0 radical (unpaired) electrons. The van der Waals surface area contributed by atoms with Gasteiger partial charge in [-0.1, -0.05) is 56.9 Å². The summed E-state index contributed by atoms with van der Waals surface area (Å²) in [5.74, 6) is 1.00. The van der Waals surface area contributed by atoms with Gasteiger partial charge in [0.05, 0.1) is 0 Å². The Morgan fingerprint density at radius 1 is 1.25 bits per heavy atom. The quantitative estimate of drug-likeness (QED) is 0.695. The van der Waals surface area contributed by atoms with Crippen LogP contribution in [0.5, 0.6) is 0 Å². The molecule has 0 aliphatic heterocycles. The average Bonchev–Trinajstić information content (AvgIpc) is 2.81. The molecule has 2 rings (SSSR count). The average molecular weight is 216 g/mol. The number of carbonyl (C=O) groups is 1. The third kappa shape index (κ3) is 2.52. The van der Waals surface area contributed by atoms with E-state index >= 15 is 0 Å². The lowest BCUT2D eigenvalue weighted by Gasteiger charge is -2.10. The van der Waals surface area contributed by atoms with Gasteiger partial charge < -0.3 is 0 Å². The third-order valence-corrected chi connectivity index (χ3v) is 3.65. The Balaban J connectivity index is 2.07. The Bertz CT molecular complexity index is 361. The SMILES string of the molecule is CCc1ccccc1C(=O)CC1CCCC1. The molecule has 0 bridgehead atoms. The normalized spacial score (nSPS) is 16.6. The van der Waals surface area contributed by atoms with Crippen molar-refractivity contribution in [1.29, 1.82) is 0 Å². The second kappa shape index (κ2) is 5.29. The molecule has 0 N–H and O–H groups in total. The first-order valence-electron chi connectivity index (χ1n) is 6.42. The molecule has 1 aliphatic rings.